The summed E-state index contributed by atoms with van der Waals surface area (Å²) in [5, 5.41) is 4.59. The van der Waals surface area contributed by atoms with Gasteiger partial charge in [0.25, 0.3) is 11.8 Å². The Balaban J connectivity index is 1.74. The molecule has 3 amide bonds. The van der Waals surface area contributed by atoms with Gasteiger partial charge in [-0.05, 0) is 68.5 Å². The van der Waals surface area contributed by atoms with Crippen molar-refractivity contribution in [1.29, 1.82) is 0 Å². The Kier molecular flexibility index (Phi) is 8.12. The van der Waals surface area contributed by atoms with E-state index in [0.717, 1.165) is 0 Å². The van der Waals surface area contributed by atoms with Crippen LogP contribution in [0.25, 0.3) is 0 Å². The quantitative estimate of drug-likeness (QED) is 0.525. The lowest BCUT2D eigenvalue weighted by molar-refractivity contribution is -0.130. The van der Waals surface area contributed by atoms with Crippen LogP contribution in [0.4, 0.5) is 5.69 Å². The van der Waals surface area contributed by atoms with Crippen LogP contribution < -0.4 is 15.5 Å². The van der Waals surface area contributed by atoms with Crippen molar-refractivity contribution in [2.24, 2.45) is 0 Å². The lowest BCUT2D eigenvalue weighted by atomic mass is 10.1. The summed E-state index contributed by atoms with van der Waals surface area (Å²) in [7, 11) is 0. The second kappa shape index (κ2) is 10.8. The number of nitrogens with one attached hydrogen (secondary N) is 2. The third kappa shape index (κ3) is 5.73. The van der Waals surface area contributed by atoms with Crippen molar-refractivity contribution in [2.75, 3.05) is 18.5 Å². The van der Waals surface area contributed by atoms with Crippen LogP contribution in [0.3, 0.4) is 0 Å². The number of carbonyl (C=O) groups is 3. The van der Waals surface area contributed by atoms with Gasteiger partial charge in [-0.15, -0.1) is 0 Å². The molecule has 0 aromatic heterocycles. The Morgan fingerprint density at radius 1 is 1.12 bits per heavy atom. The van der Waals surface area contributed by atoms with Crippen LogP contribution in [0.5, 0.6) is 5.75 Å². The minimum absolute atomic E-state index is 0.0970. The number of carbonyl (C=O) groups excluding carboxylic acids is 3. The molecule has 1 saturated heterocycles. The largest absolute Gasteiger partial charge is 0.494 e. The summed E-state index contributed by atoms with van der Waals surface area (Å²) in [4.78, 5) is 39.7. The molecule has 0 saturated carbocycles. The smallest absolute Gasteiger partial charge is 0.271 e. The molecule has 0 aliphatic carbocycles. The monoisotopic (exact) mass is 508 g/mol. The van der Waals surface area contributed by atoms with Gasteiger partial charge in [0.05, 0.1) is 23.6 Å². The molecule has 0 radical (unpaired) electrons. The first kappa shape index (κ1) is 24.8. The van der Waals surface area contributed by atoms with Gasteiger partial charge in [0.2, 0.25) is 5.91 Å². The molecular formula is C22H22Cl2N4O4S. The van der Waals surface area contributed by atoms with Gasteiger partial charge < -0.3 is 10.1 Å². The van der Waals surface area contributed by atoms with Crippen LogP contribution in [0.2, 0.25) is 10.0 Å². The predicted molar refractivity (Wildman–Crippen MR) is 130 cm³/mol. The lowest BCUT2D eigenvalue weighted by Gasteiger charge is -2.24. The molecule has 33 heavy (non-hydrogen) atoms. The van der Waals surface area contributed by atoms with Crippen molar-refractivity contribution >= 4 is 63.9 Å². The molecule has 1 atom stereocenters. The van der Waals surface area contributed by atoms with E-state index in [1.807, 2.05) is 6.92 Å². The summed E-state index contributed by atoms with van der Waals surface area (Å²) >= 11 is 17.4. The van der Waals surface area contributed by atoms with Gasteiger partial charge >= 0.3 is 0 Å². The van der Waals surface area contributed by atoms with Crippen molar-refractivity contribution in [3.05, 3.63) is 58.1 Å². The molecule has 0 bridgehead atoms. The van der Waals surface area contributed by atoms with Gasteiger partial charge in [-0.3, -0.25) is 24.7 Å². The number of nitrogens with zero attached hydrogens (tertiary/aromatic N) is 2. The van der Waals surface area contributed by atoms with E-state index in [1.54, 1.807) is 31.2 Å². The summed E-state index contributed by atoms with van der Waals surface area (Å²) < 4.78 is 5.39. The first-order valence-corrected chi connectivity index (χ1v) is 11.3. The molecule has 3 rings (SSSR count). The Morgan fingerprint density at radius 3 is 2.42 bits per heavy atom. The maximum atomic E-state index is 12.9. The van der Waals surface area contributed by atoms with Crippen LogP contribution in [-0.2, 0) is 9.59 Å². The van der Waals surface area contributed by atoms with E-state index in [1.165, 1.54) is 28.1 Å². The van der Waals surface area contributed by atoms with E-state index in [0.29, 0.717) is 29.6 Å². The highest BCUT2D eigenvalue weighted by Crippen LogP contribution is 2.24. The van der Waals surface area contributed by atoms with Crippen molar-refractivity contribution in [3.63, 3.8) is 0 Å². The Bertz CT molecular complexity index is 1080. The zero-order valence-corrected chi connectivity index (χ0v) is 20.3. The first-order valence-electron chi connectivity index (χ1n) is 10.2. The van der Waals surface area contributed by atoms with Crippen molar-refractivity contribution in [1.82, 2.24) is 15.3 Å². The fourth-order valence-electron chi connectivity index (χ4n) is 3.28. The number of halogens is 2. The van der Waals surface area contributed by atoms with Crippen LogP contribution in [0.1, 0.15) is 30.6 Å². The number of rotatable bonds is 8. The van der Waals surface area contributed by atoms with Crippen molar-refractivity contribution in [3.8, 4) is 5.75 Å². The lowest BCUT2D eigenvalue weighted by Crippen LogP contribution is -2.49. The highest BCUT2D eigenvalue weighted by Gasteiger charge is 2.44. The fourth-order valence-corrected chi connectivity index (χ4v) is 4.16. The fraction of sp³-hybridized carbons (Fsp3) is 0.273. The number of hydrogen-bond donors (Lipinski definition) is 2. The second-order valence-corrected chi connectivity index (χ2v) is 8.23. The van der Waals surface area contributed by atoms with E-state index in [2.05, 4.69) is 10.7 Å². The number of likely N-dealkylation sites (N-methyl/N-ethyl adjacent to an activating group) is 1. The summed E-state index contributed by atoms with van der Waals surface area (Å²) in [6.45, 7) is 4.46. The molecular weight excluding hydrogens is 487 g/mol. The van der Waals surface area contributed by atoms with E-state index >= 15 is 0 Å². The number of benzene rings is 2. The average Bonchev–Trinajstić information content (AvgIpc) is 2.98. The zero-order chi connectivity index (χ0) is 24.1. The van der Waals surface area contributed by atoms with Gasteiger partial charge in [-0.1, -0.05) is 23.2 Å². The number of thiocarbonyl (C=S) groups is 1. The van der Waals surface area contributed by atoms with Crippen molar-refractivity contribution < 1.29 is 19.1 Å². The molecule has 174 valence electrons. The molecule has 2 aromatic rings. The van der Waals surface area contributed by atoms with Gasteiger partial charge in [-0.25, -0.2) is 5.01 Å². The number of ether oxygens (including phenoxy) is 1. The van der Waals surface area contributed by atoms with Crippen LogP contribution in [0, 0.1) is 0 Å². The average molecular weight is 509 g/mol. The zero-order valence-electron chi connectivity index (χ0n) is 17.9. The number of hydrazine groups is 1. The topological polar surface area (TPSA) is 91.0 Å². The first-order chi connectivity index (χ1) is 15.7. The van der Waals surface area contributed by atoms with Crippen LogP contribution in [-0.4, -0.2) is 51.9 Å². The molecule has 2 aromatic carbocycles. The molecule has 11 heteroatoms. The van der Waals surface area contributed by atoms with Gasteiger partial charge in [0, 0.05) is 17.3 Å². The number of hydrogen-bond acceptors (Lipinski definition) is 5. The van der Waals surface area contributed by atoms with Crippen LogP contribution >= 0.6 is 35.4 Å². The van der Waals surface area contributed by atoms with E-state index in [-0.39, 0.29) is 28.0 Å². The Morgan fingerprint density at radius 2 is 1.82 bits per heavy atom. The van der Waals surface area contributed by atoms with Crippen molar-refractivity contribution in [2.45, 2.75) is 26.3 Å². The summed E-state index contributed by atoms with van der Waals surface area (Å²) in [6.07, 6.45) is -0.225. The Labute approximate surface area is 206 Å². The Hall–Kier alpha value is -2.88. The van der Waals surface area contributed by atoms with E-state index in [4.69, 9.17) is 40.2 Å². The van der Waals surface area contributed by atoms with E-state index in [9.17, 15) is 14.4 Å². The molecule has 1 aliphatic heterocycles. The molecule has 0 spiro atoms. The number of amides is 3. The molecule has 1 heterocycles. The van der Waals surface area contributed by atoms with Gasteiger partial charge in [0.1, 0.15) is 11.8 Å². The molecule has 1 fully saturated rings. The summed E-state index contributed by atoms with van der Waals surface area (Å²) in [6, 6.07) is 10.3. The summed E-state index contributed by atoms with van der Waals surface area (Å²) in [5.41, 5.74) is 3.31. The highest BCUT2D eigenvalue weighted by atomic mass is 35.5. The SMILES string of the molecule is CCOc1ccc(NC(=O)CC2C(=O)N(CC)C(=S)N2NC(=O)c2ccc(Cl)cc2Cl)cc1. The highest BCUT2D eigenvalue weighted by molar-refractivity contribution is 7.80. The molecule has 1 aliphatic rings. The van der Waals surface area contributed by atoms with E-state index < -0.39 is 17.9 Å². The third-order valence-corrected chi connectivity index (χ3v) is 5.81. The molecule has 2 N–H and O–H groups in total. The number of anilines is 1. The van der Waals surface area contributed by atoms with Gasteiger partial charge in [-0.2, -0.15) is 0 Å². The minimum Gasteiger partial charge on any atom is -0.494 e. The third-order valence-electron chi connectivity index (χ3n) is 4.84. The predicted octanol–water partition coefficient (Wildman–Crippen LogP) is 3.88. The standard InChI is InChI=1S/C22H22Cl2N4O4S/c1-3-27-21(31)18(12-19(29)25-14-6-8-15(9-7-14)32-4-2)28(22(27)33)26-20(30)16-10-5-13(23)11-17(16)24/h5-11,18H,3-4,12H2,1-2H3,(H,25,29)(H,26,30). The maximum Gasteiger partial charge on any atom is 0.271 e. The maximum absolute atomic E-state index is 12.9. The molecule has 8 nitrogen and oxygen atoms in total. The van der Waals surface area contributed by atoms with Crippen LogP contribution in [0.15, 0.2) is 42.5 Å². The normalized spacial score (nSPS) is 15.6. The summed E-state index contributed by atoms with van der Waals surface area (Å²) in [5.74, 6) is -0.698. The minimum atomic E-state index is -1.00. The second-order valence-electron chi connectivity index (χ2n) is 7.03. The van der Waals surface area contributed by atoms with Gasteiger partial charge in [0.15, 0.2) is 5.11 Å². The molecule has 1 unspecified atom stereocenters.